The minimum Gasteiger partial charge on any atom is -0.368 e. The Morgan fingerprint density at radius 1 is 1.53 bits per heavy atom. The Balaban J connectivity index is 1.93. The maximum absolute atomic E-state index is 11.9. The predicted molar refractivity (Wildman–Crippen MR) is 77.7 cm³/mol. The van der Waals surface area contributed by atoms with Gasteiger partial charge in [-0.05, 0) is 58.4 Å². The van der Waals surface area contributed by atoms with Crippen molar-refractivity contribution in [3.8, 4) is 0 Å². The Morgan fingerprint density at radius 2 is 2.16 bits per heavy atom. The van der Waals surface area contributed by atoms with E-state index < -0.39 is 5.54 Å². The van der Waals surface area contributed by atoms with Crippen molar-refractivity contribution in [1.29, 1.82) is 0 Å². The summed E-state index contributed by atoms with van der Waals surface area (Å²) in [5.74, 6) is 1.57. The van der Waals surface area contributed by atoms with E-state index in [2.05, 4.69) is 38.0 Å². The van der Waals surface area contributed by atoms with E-state index >= 15 is 0 Å². The van der Waals surface area contributed by atoms with Gasteiger partial charge in [0, 0.05) is 18.6 Å². The Labute approximate surface area is 117 Å². The monoisotopic (exact) mass is 267 g/mol. The van der Waals surface area contributed by atoms with Gasteiger partial charge < -0.3 is 16.0 Å². The highest BCUT2D eigenvalue weighted by Gasteiger charge is 2.46. The molecule has 3 N–H and O–H groups in total. The summed E-state index contributed by atoms with van der Waals surface area (Å²) in [4.78, 5) is 14.3. The summed E-state index contributed by atoms with van der Waals surface area (Å²) in [6.45, 7) is 7.64. The molecule has 2 saturated carbocycles. The van der Waals surface area contributed by atoms with E-state index in [0.29, 0.717) is 12.1 Å². The van der Waals surface area contributed by atoms with Crippen LogP contribution in [-0.2, 0) is 4.79 Å². The van der Waals surface area contributed by atoms with Crippen molar-refractivity contribution in [3.05, 3.63) is 0 Å². The molecule has 0 aromatic carbocycles. The Morgan fingerprint density at radius 3 is 2.63 bits per heavy atom. The lowest BCUT2D eigenvalue weighted by atomic mass is 9.95. The van der Waals surface area contributed by atoms with E-state index in [1.807, 2.05) is 0 Å². The summed E-state index contributed by atoms with van der Waals surface area (Å²) in [5, 5.41) is 3.42. The molecule has 2 aliphatic carbocycles. The molecular formula is C15H29N3O. The largest absolute Gasteiger partial charge is 0.368 e. The minimum absolute atomic E-state index is 0.183. The highest BCUT2D eigenvalue weighted by molar-refractivity contribution is 5.85. The zero-order valence-corrected chi connectivity index (χ0v) is 12.8. The number of nitrogens with two attached hydrogens (primary N) is 1. The first-order valence-electron chi connectivity index (χ1n) is 7.62. The van der Waals surface area contributed by atoms with Crippen molar-refractivity contribution in [3.63, 3.8) is 0 Å². The number of nitrogens with zero attached hydrogens (tertiary/aromatic N) is 1. The van der Waals surface area contributed by atoms with Gasteiger partial charge in [-0.15, -0.1) is 0 Å². The van der Waals surface area contributed by atoms with E-state index in [1.54, 1.807) is 0 Å². The first-order valence-corrected chi connectivity index (χ1v) is 7.62. The van der Waals surface area contributed by atoms with Crippen molar-refractivity contribution >= 4 is 5.91 Å². The molecule has 1 amide bonds. The van der Waals surface area contributed by atoms with Gasteiger partial charge in [-0.25, -0.2) is 0 Å². The van der Waals surface area contributed by atoms with Crippen LogP contribution in [0, 0.1) is 11.8 Å². The summed E-state index contributed by atoms with van der Waals surface area (Å²) < 4.78 is 0. The normalized spacial score (nSPS) is 38.1. The average Bonchev–Trinajstić information content (AvgIpc) is 2.83. The van der Waals surface area contributed by atoms with Crippen LogP contribution in [0.25, 0.3) is 0 Å². The van der Waals surface area contributed by atoms with E-state index in [9.17, 15) is 4.79 Å². The van der Waals surface area contributed by atoms with Crippen LogP contribution < -0.4 is 11.1 Å². The summed E-state index contributed by atoms with van der Waals surface area (Å²) >= 11 is 0. The Hall–Kier alpha value is -0.610. The van der Waals surface area contributed by atoms with Crippen LogP contribution in [-0.4, -0.2) is 42.0 Å². The maximum Gasteiger partial charge on any atom is 0.237 e. The molecule has 110 valence electrons. The highest BCUT2D eigenvalue weighted by atomic mass is 16.1. The van der Waals surface area contributed by atoms with Gasteiger partial charge in [0.15, 0.2) is 0 Å². The van der Waals surface area contributed by atoms with Gasteiger partial charge >= 0.3 is 0 Å². The Bertz CT molecular complexity index is 344. The molecule has 2 rings (SSSR count). The van der Waals surface area contributed by atoms with Gasteiger partial charge in [-0.1, -0.05) is 6.92 Å². The molecule has 4 heteroatoms. The van der Waals surface area contributed by atoms with Gasteiger partial charge in [0.05, 0.1) is 5.54 Å². The first kappa shape index (κ1) is 14.8. The predicted octanol–water partition coefficient (Wildman–Crippen LogP) is 1.35. The van der Waals surface area contributed by atoms with Crippen molar-refractivity contribution in [1.82, 2.24) is 10.2 Å². The Kier molecular flexibility index (Phi) is 4.21. The zero-order valence-electron chi connectivity index (χ0n) is 12.8. The molecule has 0 aromatic rings. The van der Waals surface area contributed by atoms with Crippen LogP contribution in [0.4, 0.5) is 0 Å². The smallest absolute Gasteiger partial charge is 0.237 e. The van der Waals surface area contributed by atoms with Gasteiger partial charge in [-0.2, -0.15) is 0 Å². The van der Waals surface area contributed by atoms with Crippen LogP contribution in [0.1, 0.15) is 46.5 Å². The summed E-state index contributed by atoms with van der Waals surface area (Å²) in [7, 11) is 2.20. The third kappa shape index (κ3) is 3.29. The number of primary amides is 1. The lowest BCUT2D eigenvalue weighted by Crippen LogP contribution is -2.56. The first-order chi connectivity index (χ1) is 8.84. The molecule has 4 nitrogen and oxygen atoms in total. The number of nitrogens with one attached hydrogen (secondary N) is 1. The topological polar surface area (TPSA) is 58.4 Å². The molecule has 0 spiro atoms. The van der Waals surface area contributed by atoms with Crippen LogP contribution in [0.2, 0.25) is 0 Å². The van der Waals surface area contributed by atoms with Crippen LogP contribution in [0.5, 0.6) is 0 Å². The second-order valence-electron chi connectivity index (χ2n) is 7.05. The SMILES string of the molecule is CC(C)NC1(C(N)=O)CCC(N(C)CC2CC2C)C1. The third-order valence-electron chi connectivity index (χ3n) is 4.95. The van der Waals surface area contributed by atoms with Gasteiger partial charge in [0.2, 0.25) is 5.91 Å². The summed E-state index contributed by atoms with van der Waals surface area (Å²) in [5.41, 5.74) is 5.18. The maximum atomic E-state index is 11.9. The van der Waals surface area contributed by atoms with Crippen LogP contribution >= 0.6 is 0 Å². The molecule has 2 aliphatic rings. The number of carbonyl (C=O) groups excluding carboxylic acids is 1. The minimum atomic E-state index is -0.484. The molecule has 19 heavy (non-hydrogen) atoms. The lowest BCUT2D eigenvalue weighted by Gasteiger charge is -2.31. The van der Waals surface area contributed by atoms with Crippen LogP contribution in [0.15, 0.2) is 0 Å². The average molecular weight is 267 g/mol. The summed E-state index contributed by atoms with van der Waals surface area (Å²) in [6.07, 6.45) is 4.16. The highest BCUT2D eigenvalue weighted by Crippen LogP contribution is 2.40. The molecule has 2 fully saturated rings. The quantitative estimate of drug-likeness (QED) is 0.764. The molecule has 0 bridgehead atoms. The fourth-order valence-corrected chi connectivity index (χ4v) is 3.55. The molecule has 0 radical (unpaired) electrons. The van der Waals surface area contributed by atoms with Gasteiger partial charge in [0.1, 0.15) is 0 Å². The molecular weight excluding hydrogens is 238 g/mol. The fourth-order valence-electron chi connectivity index (χ4n) is 3.55. The molecule has 4 atom stereocenters. The molecule has 0 aliphatic heterocycles. The van der Waals surface area contributed by atoms with Crippen molar-refractivity contribution in [2.45, 2.75) is 64.1 Å². The number of carbonyl (C=O) groups is 1. The van der Waals surface area contributed by atoms with E-state index in [0.717, 1.165) is 31.1 Å². The number of rotatable bonds is 6. The third-order valence-corrected chi connectivity index (χ3v) is 4.95. The van der Waals surface area contributed by atoms with Crippen LogP contribution in [0.3, 0.4) is 0 Å². The number of hydrogen-bond acceptors (Lipinski definition) is 3. The van der Waals surface area contributed by atoms with Crippen molar-refractivity contribution < 1.29 is 4.79 Å². The number of amides is 1. The zero-order chi connectivity index (χ0) is 14.2. The summed E-state index contributed by atoms with van der Waals surface area (Å²) in [6, 6.07) is 0.784. The fraction of sp³-hybridized carbons (Fsp3) is 0.933. The lowest BCUT2D eigenvalue weighted by molar-refractivity contribution is -0.124. The van der Waals surface area contributed by atoms with E-state index in [4.69, 9.17) is 5.73 Å². The van der Waals surface area contributed by atoms with E-state index in [-0.39, 0.29) is 5.91 Å². The standard InChI is InChI=1S/C15H29N3O/c1-10(2)17-15(14(16)19)6-5-13(8-15)18(4)9-12-7-11(12)3/h10-13,17H,5-9H2,1-4H3,(H2,16,19). The molecule has 0 heterocycles. The molecule has 0 aromatic heterocycles. The van der Waals surface area contributed by atoms with Crippen molar-refractivity contribution in [2.75, 3.05) is 13.6 Å². The van der Waals surface area contributed by atoms with Gasteiger partial charge in [-0.3, -0.25) is 4.79 Å². The van der Waals surface area contributed by atoms with E-state index in [1.165, 1.54) is 13.0 Å². The number of hydrogen-bond donors (Lipinski definition) is 2. The second-order valence-corrected chi connectivity index (χ2v) is 7.05. The second kappa shape index (κ2) is 5.41. The molecule has 4 unspecified atom stereocenters. The van der Waals surface area contributed by atoms with Crippen molar-refractivity contribution in [2.24, 2.45) is 17.6 Å². The van der Waals surface area contributed by atoms with Gasteiger partial charge in [0.25, 0.3) is 0 Å². The molecule has 0 saturated heterocycles.